The van der Waals surface area contributed by atoms with Gasteiger partial charge in [-0.1, -0.05) is 46.3 Å². The third-order valence-corrected chi connectivity index (χ3v) is 6.45. The molecule has 0 saturated carbocycles. The van der Waals surface area contributed by atoms with E-state index in [1.807, 2.05) is 24.3 Å². The molecule has 3 rings (SSSR count). The number of phenols is 1. The SMILES string of the molecule is O=C(O)c1ccc(C(=O)/C(=C\c2ccc(O)c(Br)c2)SCc2ccc(Br)cc2)cc1. The minimum Gasteiger partial charge on any atom is -0.507 e. The van der Waals surface area contributed by atoms with Crippen LogP contribution in [0.15, 0.2) is 80.6 Å². The highest BCUT2D eigenvalue weighted by molar-refractivity contribution is 9.10. The van der Waals surface area contributed by atoms with Gasteiger partial charge in [-0.25, -0.2) is 4.79 Å². The van der Waals surface area contributed by atoms with Crippen molar-refractivity contribution in [2.45, 2.75) is 5.75 Å². The molecular formula is C23H16Br2O4S. The molecule has 0 atom stereocenters. The number of aromatic carboxylic acids is 1. The second kappa shape index (κ2) is 10.1. The van der Waals surface area contributed by atoms with Gasteiger partial charge in [-0.15, -0.1) is 11.8 Å². The van der Waals surface area contributed by atoms with Crippen molar-refractivity contribution >= 4 is 61.5 Å². The fourth-order valence-corrected chi connectivity index (χ4v) is 4.23. The molecule has 3 aromatic carbocycles. The Labute approximate surface area is 194 Å². The maximum atomic E-state index is 13.2. The van der Waals surface area contributed by atoms with Crippen LogP contribution in [-0.4, -0.2) is 22.0 Å². The Hall–Kier alpha value is -2.35. The standard InChI is InChI=1S/C23H16Br2O4S/c24-18-8-1-14(2-9-18)13-30-21(12-15-3-10-20(26)19(25)11-15)22(27)16-4-6-17(7-5-16)23(28)29/h1-12,26H,13H2,(H,28,29)/b21-12+. The van der Waals surface area contributed by atoms with Gasteiger partial charge >= 0.3 is 5.97 Å². The number of aromatic hydroxyl groups is 1. The number of carboxylic acids is 1. The Bertz CT molecular complexity index is 1110. The fraction of sp³-hybridized carbons (Fsp3) is 0.0435. The van der Waals surface area contributed by atoms with Gasteiger partial charge in [0.05, 0.1) is 14.9 Å². The molecule has 0 aliphatic heterocycles. The third-order valence-electron chi connectivity index (χ3n) is 4.19. The monoisotopic (exact) mass is 546 g/mol. The van der Waals surface area contributed by atoms with E-state index < -0.39 is 5.97 Å². The first-order chi connectivity index (χ1) is 14.3. The quantitative estimate of drug-likeness (QED) is 0.252. The van der Waals surface area contributed by atoms with E-state index in [1.54, 1.807) is 24.3 Å². The maximum absolute atomic E-state index is 13.2. The highest BCUT2D eigenvalue weighted by atomic mass is 79.9. The summed E-state index contributed by atoms with van der Waals surface area (Å²) in [7, 11) is 0. The second-order valence-corrected chi connectivity index (χ2v) is 9.13. The number of ketones is 1. The normalized spacial score (nSPS) is 11.3. The van der Waals surface area contributed by atoms with Gasteiger partial charge < -0.3 is 10.2 Å². The molecule has 0 unspecified atom stereocenters. The van der Waals surface area contributed by atoms with Crippen LogP contribution < -0.4 is 0 Å². The van der Waals surface area contributed by atoms with Gasteiger partial charge in [-0.3, -0.25) is 4.79 Å². The van der Waals surface area contributed by atoms with Crippen molar-refractivity contribution in [3.63, 3.8) is 0 Å². The molecule has 4 nitrogen and oxygen atoms in total. The van der Waals surface area contributed by atoms with E-state index in [-0.39, 0.29) is 17.1 Å². The number of halogens is 2. The predicted octanol–water partition coefficient (Wildman–Crippen LogP) is 6.77. The summed E-state index contributed by atoms with van der Waals surface area (Å²) in [5.74, 6) is -0.523. The van der Waals surface area contributed by atoms with Gasteiger partial charge in [0.15, 0.2) is 5.78 Å². The number of phenolic OH excluding ortho intramolecular Hbond substituents is 1. The summed E-state index contributed by atoms with van der Waals surface area (Å²) in [5, 5.41) is 18.8. The van der Waals surface area contributed by atoms with Gasteiger partial charge in [0.1, 0.15) is 5.75 Å². The number of hydrogen-bond acceptors (Lipinski definition) is 4. The number of rotatable bonds is 7. The summed E-state index contributed by atoms with van der Waals surface area (Å²) in [4.78, 5) is 24.7. The number of Topliss-reactive ketones (excluding diaryl/α,β-unsaturated/α-hetero) is 1. The first-order valence-electron chi connectivity index (χ1n) is 8.79. The molecule has 0 bridgehead atoms. The van der Waals surface area contributed by atoms with E-state index in [9.17, 15) is 14.7 Å². The molecule has 0 fully saturated rings. The van der Waals surface area contributed by atoms with Crippen molar-refractivity contribution in [2.24, 2.45) is 0 Å². The van der Waals surface area contributed by atoms with Crippen molar-refractivity contribution in [1.29, 1.82) is 0 Å². The van der Waals surface area contributed by atoms with Crippen LogP contribution in [0.3, 0.4) is 0 Å². The molecule has 2 N–H and O–H groups in total. The number of carboxylic acid groups (broad SMARTS) is 1. The van der Waals surface area contributed by atoms with Crippen molar-refractivity contribution in [3.8, 4) is 5.75 Å². The van der Waals surface area contributed by atoms with Gasteiger partial charge in [0, 0.05) is 15.8 Å². The van der Waals surface area contributed by atoms with Crippen molar-refractivity contribution in [2.75, 3.05) is 0 Å². The molecule has 0 aromatic heterocycles. The van der Waals surface area contributed by atoms with Crippen molar-refractivity contribution < 1.29 is 19.8 Å². The average Bonchev–Trinajstić information content (AvgIpc) is 2.74. The Kier molecular flexibility index (Phi) is 7.53. The predicted molar refractivity (Wildman–Crippen MR) is 127 cm³/mol. The third kappa shape index (κ3) is 5.84. The molecule has 3 aromatic rings. The van der Waals surface area contributed by atoms with E-state index in [0.29, 0.717) is 20.7 Å². The molecule has 30 heavy (non-hydrogen) atoms. The van der Waals surface area contributed by atoms with Gasteiger partial charge in [-0.2, -0.15) is 0 Å². The lowest BCUT2D eigenvalue weighted by Crippen LogP contribution is -2.03. The minimum absolute atomic E-state index is 0.117. The number of allylic oxidation sites excluding steroid dienone is 1. The molecule has 0 heterocycles. The lowest BCUT2D eigenvalue weighted by Gasteiger charge is -2.09. The van der Waals surface area contributed by atoms with Crippen LogP contribution in [0.4, 0.5) is 0 Å². The summed E-state index contributed by atoms with van der Waals surface area (Å²) in [6, 6.07) is 18.8. The number of carbonyl (C=O) groups is 2. The summed E-state index contributed by atoms with van der Waals surface area (Å²) in [6.07, 6.45) is 1.77. The van der Waals surface area contributed by atoms with E-state index in [0.717, 1.165) is 15.6 Å². The molecule has 152 valence electrons. The first-order valence-corrected chi connectivity index (χ1v) is 11.4. The van der Waals surface area contributed by atoms with Crippen molar-refractivity contribution in [1.82, 2.24) is 0 Å². The highest BCUT2D eigenvalue weighted by Gasteiger charge is 2.15. The van der Waals surface area contributed by atoms with E-state index in [2.05, 4.69) is 31.9 Å². The second-order valence-electron chi connectivity index (χ2n) is 6.35. The Balaban J connectivity index is 1.91. The summed E-state index contributed by atoms with van der Waals surface area (Å²) in [5.41, 5.74) is 2.36. The number of carbonyl (C=O) groups excluding carboxylic acids is 1. The largest absolute Gasteiger partial charge is 0.507 e. The molecule has 0 saturated heterocycles. The average molecular weight is 548 g/mol. The first kappa shape index (κ1) is 22.3. The van der Waals surface area contributed by atoms with E-state index in [4.69, 9.17) is 5.11 Å². The summed E-state index contributed by atoms with van der Waals surface area (Å²) < 4.78 is 1.52. The molecular weight excluding hydrogens is 532 g/mol. The molecule has 0 radical (unpaired) electrons. The number of benzene rings is 3. The zero-order valence-corrected chi connectivity index (χ0v) is 19.5. The fourth-order valence-electron chi connectivity index (χ4n) is 2.59. The van der Waals surface area contributed by atoms with Crippen LogP contribution in [0, 0.1) is 0 Å². The Morgan fingerprint density at radius 2 is 1.53 bits per heavy atom. The van der Waals surface area contributed by atoms with E-state index in [1.165, 1.54) is 36.0 Å². The topological polar surface area (TPSA) is 74.6 Å². The zero-order valence-electron chi connectivity index (χ0n) is 15.5. The number of hydrogen-bond donors (Lipinski definition) is 2. The lowest BCUT2D eigenvalue weighted by atomic mass is 10.1. The van der Waals surface area contributed by atoms with Crippen LogP contribution in [0.1, 0.15) is 31.8 Å². The van der Waals surface area contributed by atoms with Gasteiger partial charge in [-0.05, 0) is 69.5 Å². The molecule has 0 amide bonds. The molecule has 7 heteroatoms. The Morgan fingerprint density at radius 1 is 0.900 bits per heavy atom. The smallest absolute Gasteiger partial charge is 0.335 e. The van der Waals surface area contributed by atoms with Gasteiger partial charge in [0.2, 0.25) is 0 Å². The summed E-state index contributed by atoms with van der Waals surface area (Å²) in [6.45, 7) is 0. The number of thioether (sulfide) groups is 1. The van der Waals surface area contributed by atoms with Crippen LogP contribution in [0.2, 0.25) is 0 Å². The highest BCUT2D eigenvalue weighted by Crippen LogP contribution is 2.30. The minimum atomic E-state index is -1.04. The van der Waals surface area contributed by atoms with Crippen LogP contribution in [0.25, 0.3) is 6.08 Å². The molecule has 0 aliphatic carbocycles. The summed E-state index contributed by atoms with van der Waals surface area (Å²) >= 11 is 8.10. The zero-order chi connectivity index (χ0) is 21.7. The van der Waals surface area contributed by atoms with Crippen molar-refractivity contribution in [3.05, 3.63) is 103 Å². The maximum Gasteiger partial charge on any atom is 0.335 e. The van der Waals surface area contributed by atoms with Crippen LogP contribution in [-0.2, 0) is 5.75 Å². The van der Waals surface area contributed by atoms with Crippen LogP contribution >= 0.6 is 43.6 Å². The van der Waals surface area contributed by atoms with Crippen LogP contribution in [0.5, 0.6) is 5.75 Å². The Morgan fingerprint density at radius 3 is 2.13 bits per heavy atom. The molecule has 0 spiro atoms. The van der Waals surface area contributed by atoms with Gasteiger partial charge in [0.25, 0.3) is 0 Å². The lowest BCUT2D eigenvalue weighted by molar-refractivity contribution is 0.0696. The molecule has 0 aliphatic rings. The van der Waals surface area contributed by atoms with E-state index >= 15 is 0 Å².